The zero-order chi connectivity index (χ0) is 20.4. The summed E-state index contributed by atoms with van der Waals surface area (Å²) in [6.07, 6.45) is 1.21. The molecular formula is C22H20N2O5. The lowest BCUT2D eigenvalue weighted by atomic mass is 10.1. The Balaban J connectivity index is 1.75. The van der Waals surface area contributed by atoms with Gasteiger partial charge in [-0.15, -0.1) is 0 Å². The third kappa shape index (κ3) is 3.71. The second-order valence-corrected chi connectivity index (χ2v) is 6.82. The number of likely N-dealkylation sites (tertiary alicyclic amines) is 1. The molecule has 2 aromatic carbocycles. The number of hydrogen-bond acceptors (Lipinski definition) is 5. The van der Waals surface area contributed by atoms with E-state index >= 15 is 0 Å². The van der Waals surface area contributed by atoms with Crippen molar-refractivity contribution in [3.63, 3.8) is 0 Å². The van der Waals surface area contributed by atoms with Crippen molar-refractivity contribution >= 4 is 28.5 Å². The topological polar surface area (TPSA) is 80.1 Å². The second-order valence-electron chi connectivity index (χ2n) is 6.82. The first-order valence-electron chi connectivity index (χ1n) is 9.33. The Labute approximate surface area is 167 Å². The van der Waals surface area contributed by atoms with Gasteiger partial charge >= 0.3 is 5.63 Å². The minimum absolute atomic E-state index is 0.0122. The molecule has 0 bridgehead atoms. The third-order valence-electron chi connectivity index (χ3n) is 4.98. The van der Waals surface area contributed by atoms with E-state index in [-0.39, 0.29) is 18.1 Å². The predicted molar refractivity (Wildman–Crippen MR) is 108 cm³/mol. The number of benzene rings is 2. The fourth-order valence-corrected chi connectivity index (χ4v) is 3.41. The number of rotatable bonds is 5. The maximum absolute atomic E-state index is 13.4. The van der Waals surface area contributed by atoms with Gasteiger partial charge in [-0.25, -0.2) is 4.79 Å². The Kier molecular flexibility index (Phi) is 5.03. The maximum atomic E-state index is 13.4. The molecule has 0 radical (unpaired) electrons. The smallest absolute Gasteiger partial charge is 0.349 e. The molecule has 7 heteroatoms. The van der Waals surface area contributed by atoms with E-state index in [4.69, 9.17) is 9.15 Å². The molecule has 3 aromatic rings. The molecule has 1 fully saturated rings. The molecule has 29 heavy (non-hydrogen) atoms. The monoisotopic (exact) mass is 392 g/mol. The summed E-state index contributed by atoms with van der Waals surface area (Å²) < 4.78 is 10.5. The summed E-state index contributed by atoms with van der Waals surface area (Å²) in [5.74, 6) is 0.111. The lowest BCUT2D eigenvalue weighted by Gasteiger charge is -2.28. The molecule has 1 aromatic heterocycles. The summed E-state index contributed by atoms with van der Waals surface area (Å²) in [5, 5.41) is 0.655. The number of methoxy groups -OCH3 is 1. The number of hydrogen-bond donors (Lipinski definition) is 0. The van der Waals surface area contributed by atoms with E-state index in [1.54, 1.807) is 60.5 Å². The zero-order valence-electron chi connectivity index (χ0n) is 16.0. The minimum Gasteiger partial charge on any atom is -0.497 e. The Morgan fingerprint density at radius 3 is 2.59 bits per heavy atom. The molecule has 0 atom stereocenters. The van der Waals surface area contributed by atoms with Crippen LogP contribution < -0.4 is 15.3 Å². The van der Waals surface area contributed by atoms with Gasteiger partial charge in [0.15, 0.2) is 0 Å². The molecule has 148 valence electrons. The first kappa shape index (κ1) is 18.7. The quantitative estimate of drug-likeness (QED) is 0.624. The normalized spacial score (nSPS) is 13.7. The molecule has 1 aliphatic heterocycles. The van der Waals surface area contributed by atoms with Crippen LogP contribution in [0, 0.1) is 0 Å². The van der Waals surface area contributed by atoms with Crippen LogP contribution in [0.15, 0.2) is 63.8 Å². The molecule has 0 spiro atoms. The van der Waals surface area contributed by atoms with Gasteiger partial charge in [-0.2, -0.15) is 0 Å². The van der Waals surface area contributed by atoms with Gasteiger partial charge in [0.2, 0.25) is 5.91 Å². The Hall–Kier alpha value is -3.61. The average Bonchev–Trinajstić information content (AvgIpc) is 3.15. The first-order chi connectivity index (χ1) is 14.1. The molecule has 0 aliphatic carbocycles. The van der Waals surface area contributed by atoms with E-state index in [1.165, 1.54) is 11.0 Å². The molecule has 7 nitrogen and oxygen atoms in total. The van der Waals surface area contributed by atoms with Crippen molar-refractivity contribution in [2.24, 2.45) is 0 Å². The zero-order valence-corrected chi connectivity index (χ0v) is 16.0. The molecule has 2 amide bonds. The van der Waals surface area contributed by atoms with Crippen LogP contribution in [0.3, 0.4) is 0 Å². The molecule has 0 unspecified atom stereocenters. The van der Waals surface area contributed by atoms with Crippen LogP contribution in [0.1, 0.15) is 23.2 Å². The van der Waals surface area contributed by atoms with Gasteiger partial charge in [-0.1, -0.05) is 18.2 Å². The van der Waals surface area contributed by atoms with Crippen molar-refractivity contribution < 1.29 is 18.7 Å². The number of carbonyl (C=O) groups excluding carboxylic acids is 2. The van der Waals surface area contributed by atoms with E-state index in [9.17, 15) is 14.4 Å². The van der Waals surface area contributed by atoms with Gasteiger partial charge in [-0.3, -0.25) is 14.5 Å². The van der Waals surface area contributed by atoms with Crippen LogP contribution >= 0.6 is 0 Å². The summed E-state index contributed by atoms with van der Waals surface area (Å²) in [6, 6.07) is 15.4. The largest absolute Gasteiger partial charge is 0.497 e. The number of amides is 2. The van der Waals surface area contributed by atoms with E-state index < -0.39 is 11.5 Å². The van der Waals surface area contributed by atoms with E-state index in [2.05, 4.69) is 0 Å². The van der Waals surface area contributed by atoms with Crippen LogP contribution in [0.5, 0.6) is 5.75 Å². The van der Waals surface area contributed by atoms with Gasteiger partial charge in [0.05, 0.1) is 7.11 Å². The summed E-state index contributed by atoms with van der Waals surface area (Å²) >= 11 is 0. The SMILES string of the molecule is COc1ccc(N(CN2CCCC2=O)C(=O)c2cc3ccccc3oc2=O)cc1. The van der Waals surface area contributed by atoms with Crippen molar-refractivity contribution in [1.82, 2.24) is 4.90 Å². The maximum Gasteiger partial charge on any atom is 0.349 e. The Morgan fingerprint density at radius 2 is 1.90 bits per heavy atom. The number of ether oxygens (including phenoxy) is 1. The Morgan fingerprint density at radius 1 is 1.14 bits per heavy atom. The van der Waals surface area contributed by atoms with Gasteiger partial charge in [0.1, 0.15) is 23.6 Å². The average molecular weight is 392 g/mol. The van der Waals surface area contributed by atoms with Crippen LogP contribution in [0.2, 0.25) is 0 Å². The Bertz CT molecular complexity index is 1120. The molecule has 4 rings (SSSR count). The minimum atomic E-state index is -0.708. The molecule has 0 saturated carbocycles. The van der Waals surface area contributed by atoms with Gasteiger partial charge in [-0.05, 0) is 42.8 Å². The van der Waals surface area contributed by atoms with Crippen LogP contribution in [0.25, 0.3) is 11.0 Å². The summed E-state index contributed by atoms with van der Waals surface area (Å²) in [7, 11) is 1.56. The highest BCUT2D eigenvalue weighted by molar-refractivity contribution is 6.07. The number of nitrogens with zero attached hydrogens (tertiary/aromatic N) is 2. The first-order valence-corrected chi connectivity index (χ1v) is 9.33. The molecule has 1 saturated heterocycles. The van der Waals surface area contributed by atoms with E-state index in [1.807, 2.05) is 0 Å². The van der Waals surface area contributed by atoms with Crippen molar-refractivity contribution in [2.45, 2.75) is 12.8 Å². The van der Waals surface area contributed by atoms with Crippen LogP contribution in [-0.2, 0) is 4.79 Å². The number of fused-ring (bicyclic) bond motifs is 1. The van der Waals surface area contributed by atoms with E-state index in [0.717, 1.165) is 6.42 Å². The second kappa shape index (κ2) is 7.79. The summed E-state index contributed by atoms with van der Waals surface area (Å²) in [5.41, 5.74) is 0.189. The summed E-state index contributed by atoms with van der Waals surface area (Å²) in [6.45, 7) is 0.640. The van der Waals surface area contributed by atoms with Crippen molar-refractivity contribution in [2.75, 3.05) is 25.2 Å². The van der Waals surface area contributed by atoms with Crippen molar-refractivity contribution in [3.05, 3.63) is 70.6 Å². The van der Waals surface area contributed by atoms with E-state index in [0.29, 0.717) is 35.4 Å². The fourth-order valence-electron chi connectivity index (χ4n) is 3.41. The molecule has 1 aliphatic rings. The highest BCUT2D eigenvalue weighted by Crippen LogP contribution is 2.23. The third-order valence-corrected chi connectivity index (χ3v) is 4.98. The predicted octanol–water partition coefficient (Wildman–Crippen LogP) is 3.03. The van der Waals surface area contributed by atoms with Gasteiger partial charge in [0.25, 0.3) is 5.91 Å². The molecular weight excluding hydrogens is 372 g/mol. The number of para-hydroxylation sites is 1. The molecule has 0 N–H and O–H groups in total. The standard InChI is InChI=1S/C22H20N2O5/c1-28-17-10-8-16(9-11-17)24(14-23-12-4-7-20(23)25)21(26)18-13-15-5-2-3-6-19(15)29-22(18)27/h2-3,5-6,8-11,13H,4,7,12,14H2,1H3. The fraction of sp³-hybridized carbons (Fsp3) is 0.227. The number of anilines is 1. The van der Waals surface area contributed by atoms with Crippen LogP contribution in [0.4, 0.5) is 5.69 Å². The van der Waals surface area contributed by atoms with Crippen molar-refractivity contribution in [3.8, 4) is 5.75 Å². The molecule has 2 heterocycles. The lowest BCUT2D eigenvalue weighted by molar-refractivity contribution is -0.127. The van der Waals surface area contributed by atoms with Crippen molar-refractivity contribution in [1.29, 1.82) is 0 Å². The summed E-state index contributed by atoms with van der Waals surface area (Å²) in [4.78, 5) is 41.0. The highest BCUT2D eigenvalue weighted by Gasteiger charge is 2.28. The van der Waals surface area contributed by atoms with Gasteiger partial charge < -0.3 is 14.1 Å². The van der Waals surface area contributed by atoms with Gasteiger partial charge in [0, 0.05) is 24.0 Å². The van der Waals surface area contributed by atoms with Crippen LogP contribution in [-0.4, -0.2) is 37.0 Å². The highest BCUT2D eigenvalue weighted by atomic mass is 16.5. The lowest BCUT2D eigenvalue weighted by Crippen LogP contribution is -2.43. The number of carbonyl (C=O) groups is 2.